The van der Waals surface area contributed by atoms with E-state index in [1.54, 1.807) is 31.2 Å². The predicted molar refractivity (Wildman–Crippen MR) is 91.0 cm³/mol. The first-order chi connectivity index (χ1) is 12.3. The van der Waals surface area contributed by atoms with Gasteiger partial charge in [0.1, 0.15) is 11.9 Å². The second-order valence-electron chi connectivity index (χ2n) is 6.31. The minimum Gasteiger partial charge on any atom is -0.449 e. The molecule has 0 fully saturated rings. The van der Waals surface area contributed by atoms with Crippen LogP contribution in [-0.4, -0.2) is 43.7 Å². The Labute approximate surface area is 151 Å². The molecule has 9 nitrogen and oxygen atoms in total. The zero-order valence-corrected chi connectivity index (χ0v) is 15.0. The number of tetrazole rings is 1. The lowest BCUT2D eigenvalue weighted by Crippen LogP contribution is -2.52. The number of hydrogen-bond acceptors (Lipinski definition) is 7. The van der Waals surface area contributed by atoms with E-state index in [9.17, 15) is 14.9 Å². The standard InChI is InChI=1S/C17H20N6O3/c1-11(2)17(4,9-18)20-15(24)12(3)26-16(25)13-5-7-14(8-6-13)23-10-19-21-22-23/h5-8,10-12H,1-4H3,(H,20,24)/t12-,17-/m1/s1. The maximum absolute atomic E-state index is 12.2. The molecule has 1 heterocycles. The van der Waals surface area contributed by atoms with Crippen molar-refractivity contribution >= 4 is 11.9 Å². The van der Waals surface area contributed by atoms with E-state index in [0.717, 1.165) is 0 Å². The maximum atomic E-state index is 12.2. The van der Waals surface area contributed by atoms with Gasteiger partial charge in [0.25, 0.3) is 5.91 Å². The summed E-state index contributed by atoms with van der Waals surface area (Å²) in [5, 5.41) is 22.7. The first-order valence-electron chi connectivity index (χ1n) is 8.04. The van der Waals surface area contributed by atoms with Crippen LogP contribution < -0.4 is 5.32 Å². The molecule has 0 spiro atoms. The number of nitrogens with zero attached hydrogens (tertiary/aromatic N) is 5. The van der Waals surface area contributed by atoms with Gasteiger partial charge in [-0.2, -0.15) is 5.26 Å². The minimum absolute atomic E-state index is 0.0989. The smallest absolute Gasteiger partial charge is 0.338 e. The molecular formula is C17H20N6O3. The third kappa shape index (κ3) is 4.22. The summed E-state index contributed by atoms with van der Waals surface area (Å²) < 4.78 is 6.64. The van der Waals surface area contributed by atoms with E-state index in [0.29, 0.717) is 5.69 Å². The lowest BCUT2D eigenvalue weighted by Gasteiger charge is -2.28. The predicted octanol–water partition coefficient (Wildman–Crippen LogP) is 1.26. The van der Waals surface area contributed by atoms with Crippen molar-refractivity contribution in [3.8, 4) is 11.8 Å². The molecule has 1 aromatic carbocycles. The van der Waals surface area contributed by atoms with E-state index in [2.05, 4.69) is 26.9 Å². The molecular weight excluding hydrogens is 336 g/mol. The molecule has 1 amide bonds. The van der Waals surface area contributed by atoms with Crippen LogP contribution >= 0.6 is 0 Å². The molecule has 1 N–H and O–H groups in total. The van der Waals surface area contributed by atoms with Gasteiger partial charge in [0.15, 0.2) is 6.10 Å². The molecule has 0 unspecified atom stereocenters. The number of carbonyl (C=O) groups is 2. The highest BCUT2D eigenvalue weighted by molar-refractivity contribution is 5.92. The highest BCUT2D eigenvalue weighted by Crippen LogP contribution is 2.16. The van der Waals surface area contributed by atoms with Gasteiger partial charge in [0, 0.05) is 0 Å². The Morgan fingerprint density at radius 1 is 1.27 bits per heavy atom. The topological polar surface area (TPSA) is 123 Å². The molecule has 0 radical (unpaired) electrons. The Kier molecular flexibility index (Phi) is 5.67. The van der Waals surface area contributed by atoms with E-state index < -0.39 is 23.5 Å². The Morgan fingerprint density at radius 3 is 2.42 bits per heavy atom. The SMILES string of the molecule is CC(C)[C@@](C)(C#N)NC(=O)[C@@H](C)OC(=O)c1ccc(-n2cnnn2)cc1. The van der Waals surface area contributed by atoms with Gasteiger partial charge in [0.05, 0.1) is 17.3 Å². The first-order valence-corrected chi connectivity index (χ1v) is 8.04. The van der Waals surface area contributed by atoms with Gasteiger partial charge in [-0.1, -0.05) is 13.8 Å². The molecule has 136 valence electrons. The fourth-order valence-electron chi connectivity index (χ4n) is 1.97. The largest absolute Gasteiger partial charge is 0.449 e. The highest BCUT2D eigenvalue weighted by atomic mass is 16.5. The van der Waals surface area contributed by atoms with Gasteiger partial charge in [-0.3, -0.25) is 4.79 Å². The van der Waals surface area contributed by atoms with Crippen molar-refractivity contribution in [3.63, 3.8) is 0 Å². The Bertz CT molecular complexity index is 810. The number of ether oxygens (including phenoxy) is 1. The van der Waals surface area contributed by atoms with Crippen molar-refractivity contribution in [3.05, 3.63) is 36.2 Å². The zero-order valence-electron chi connectivity index (χ0n) is 15.0. The van der Waals surface area contributed by atoms with Crippen LogP contribution in [0.25, 0.3) is 5.69 Å². The van der Waals surface area contributed by atoms with Crippen LogP contribution in [0.4, 0.5) is 0 Å². The summed E-state index contributed by atoms with van der Waals surface area (Å²) >= 11 is 0. The first kappa shape index (κ1) is 19.1. The number of carbonyl (C=O) groups excluding carboxylic acids is 2. The van der Waals surface area contributed by atoms with E-state index in [-0.39, 0.29) is 11.5 Å². The van der Waals surface area contributed by atoms with Crippen molar-refractivity contribution < 1.29 is 14.3 Å². The summed E-state index contributed by atoms with van der Waals surface area (Å²) in [5.74, 6) is -1.27. The number of esters is 1. The van der Waals surface area contributed by atoms with Crippen molar-refractivity contribution in [1.82, 2.24) is 25.5 Å². The highest BCUT2D eigenvalue weighted by Gasteiger charge is 2.32. The number of amides is 1. The molecule has 0 bridgehead atoms. The molecule has 26 heavy (non-hydrogen) atoms. The normalized spacial score (nSPS) is 14.2. The summed E-state index contributed by atoms with van der Waals surface area (Å²) in [6.45, 7) is 6.74. The average Bonchev–Trinajstić information content (AvgIpc) is 3.16. The van der Waals surface area contributed by atoms with Gasteiger partial charge in [0.2, 0.25) is 0 Å². The third-order valence-electron chi connectivity index (χ3n) is 4.14. The van der Waals surface area contributed by atoms with Crippen molar-refractivity contribution in [2.45, 2.75) is 39.3 Å². The summed E-state index contributed by atoms with van der Waals surface area (Å²) in [4.78, 5) is 24.4. The fraction of sp³-hybridized carbons (Fsp3) is 0.412. The number of aromatic nitrogens is 4. The lowest BCUT2D eigenvalue weighted by atomic mass is 9.90. The van der Waals surface area contributed by atoms with Crippen LogP contribution in [0.2, 0.25) is 0 Å². The maximum Gasteiger partial charge on any atom is 0.338 e. The van der Waals surface area contributed by atoms with Gasteiger partial charge < -0.3 is 10.1 Å². The van der Waals surface area contributed by atoms with Crippen molar-refractivity contribution in [1.29, 1.82) is 5.26 Å². The Balaban J connectivity index is 2.00. The summed E-state index contributed by atoms with van der Waals surface area (Å²) in [6.07, 6.45) is 0.397. The van der Waals surface area contributed by atoms with Crippen LogP contribution in [0.15, 0.2) is 30.6 Å². The van der Waals surface area contributed by atoms with Gasteiger partial charge in [-0.05, 0) is 54.5 Å². The molecule has 2 aromatic rings. The molecule has 2 rings (SSSR count). The van der Waals surface area contributed by atoms with Crippen LogP contribution in [0, 0.1) is 17.2 Å². The van der Waals surface area contributed by atoms with E-state index in [1.165, 1.54) is 17.9 Å². The average molecular weight is 356 g/mol. The van der Waals surface area contributed by atoms with Gasteiger partial charge >= 0.3 is 5.97 Å². The van der Waals surface area contributed by atoms with E-state index in [1.807, 2.05) is 13.8 Å². The molecule has 1 aromatic heterocycles. The van der Waals surface area contributed by atoms with E-state index >= 15 is 0 Å². The molecule has 9 heteroatoms. The lowest BCUT2D eigenvalue weighted by molar-refractivity contribution is -0.130. The van der Waals surface area contributed by atoms with Crippen LogP contribution in [0.3, 0.4) is 0 Å². The molecule has 0 saturated heterocycles. The molecule has 0 aliphatic rings. The number of rotatable bonds is 6. The molecule has 0 aliphatic heterocycles. The van der Waals surface area contributed by atoms with Crippen LogP contribution in [-0.2, 0) is 9.53 Å². The molecule has 2 atom stereocenters. The fourth-order valence-corrected chi connectivity index (χ4v) is 1.97. The van der Waals surface area contributed by atoms with Crippen molar-refractivity contribution in [2.75, 3.05) is 0 Å². The zero-order chi connectivity index (χ0) is 19.3. The number of nitrogens with one attached hydrogen (secondary N) is 1. The van der Waals surface area contributed by atoms with Crippen LogP contribution in [0.1, 0.15) is 38.1 Å². The number of hydrogen-bond donors (Lipinski definition) is 1. The monoisotopic (exact) mass is 356 g/mol. The van der Waals surface area contributed by atoms with Crippen LogP contribution in [0.5, 0.6) is 0 Å². The van der Waals surface area contributed by atoms with Crippen molar-refractivity contribution in [2.24, 2.45) is 5.92 Å². The number of nitriles is 1. The summed E-state index contributed by atoms with van der Waals surface area (Å²) in [7, 11) is 0. The summed E-state index contributed by atoms with van der Waals surface area (Å²) in [6, 6.07) is 8.50. The quantitative estimate of drug-likeness (QED) is 0.773. The Hall–Kier alpha value is -3.28. The number of benzene rings is 1. The molecule has 0 saturated carbocycles. The Morgan fingerprint density at radius 2 is 1.92 bits per heavy atom. The van der Waals surface area contributed by atoms with E-state index in [4.69, 9.17) is 4.74 Å². The molecule has 0 aliphatic carbocycles. The van der Waals surface area contributed by atoms with Gasteiger partial charge in [-0.15, -0.1) is 5.10 Å². The minimum atomic E-state index is -1.04. The van der Waals surface area contributed by atoms with Gasteiger partial charge in [-0.25, -0.2) is 9.48 Å². The third-order valence-corrected chi connectivity index (χ3v) is 4.14. The summed E-state index contributed by atoms with van der Waals surface area (Å²) in [5.41, 5.74) is -0.0713. The second kappa shape index (κ2) is 7.74. The second-order valence-corrected chi connectivity index (χ2v) is 6.31.